The molecule has 0 amide bonds. The lowest BCUT2D eigenvalue weighted by Crippen LogP contribution is -2.03. The number of nitrogens with zero attached hydrogens (tertiary/aromatic N) is 2. The van der Waals surface area contributed by atoms with E-state index < -0.39 is 0 Å². The van der Waals surface area contributed by atoms with Crippen LogP contribution in [0, 0.1) is 11.3 Å². The normalized spacial score (nSPS) is 9.14. The zero-order chi connectivity index (χ0) is 10.4. The van der Waals surface area contributed by atoms with Crippen LogP contribution in [0.3, 0.4) is 0 Å². The van der Waals surface area contributed by atoms with E-state index in [0.717, 1.165) is 5.56 Å². The van der Waals surface area contributed by atoms with Gasteiger partial charge in [-0.1, -0.05) is 0 Å². The van der Waals surface area contributed by atoms with Gasteiger partial charge in [0.1, 0.15) is 11.8 Å². The Kier molecular flexibility index (Phi) is 3.62. The minimum absolute atomic E-state index is 0.292. The Labute approximate surface area is 82.1 Å². The molecule has 0 bridgehead atoms. The molecular formula is C10H10N2O2. The van der Waals surface area contributed by atoms with Crippen LogP contribution in [0.4, 0.5) is 0 Å². The summed E-state index contributed by atoms with van der Waals surface area (Å²) >= 11 is 0. The quantitative estimate of drug-likeness (QED) is 0.668. The molecule has 0 atom stereocenters. The maximum absolute atomic E-state index is 10.5. The number of carbonyl (C=O) groups is 1. The van der Waals surface area contributed by atoms with E-state index in [1.54, 1.807) is 18.3 Å². The first kappa shape index (κ1) is 10.2. The highest BCUT2D eigenvalue weighted by molar-refractivity contribution is 5.65. The molecule has 0 aliphatic rings. The van der Waals surface area contributed by atoms with E-state index in [9.17, 15) is 4.79 Å². The van der Waals surface area contributed by atoms with Crippen molar-refractivity contribution in [2.45, 2.75) is 13.3 Å². The highest BCUT2D eigenvalue weighted by Gasteiger charge is 1.97. The van der Waals surface area contributed by atoms with Gasteiger partial charge in [0, 0.05) is 19.5 Å². The van der Waals surface area contributed by atoms with Crippen LogP contribution >= 0.6 is 0 Å². The molecule has 0 aromatic carbocycles. The summed E-state index contributed by atoms with van der Waals surface area (Å²) in [5.41, 5.74) is 1.32. The smallest absolute Gasteiger partial charge is 0.302 e. The van der Waals surface area contributed by atoms with Crippen LogP contribution in [0.2, 0.25) is 0 Å². The number of aromatic nitrogens is 1. The number of hydrogen-bond acceptors (Lipinski definition) is 4. The van der Waals surface area contributed by atoms with Gasteiger partial charge in [-0.3, -0.25) is 4.79 Å². The third-order valence-electron chi connectivity index (χ3n) is 1.63. The second-order valence-corrected chi connectivity index (χ2v) is 2.75. The monoisotopic (exact) mass is 190 g/mol. The molecule has 0 unspecified atom stereocenters. The van der Waals surface area contributed by atoms with Crippen LogP contribution in [0.15, 0.2) is 18.3 Å². The number of carbonyl (C=O) groups excluding carboxylic acids is 1. The highest BCUT2D eigenvalue weighted by atomic mass is 16.5. The van der Waals surface area contributed by atoms with Gasteiger partial charge < -0.3 is 4.74 Å². The SMILES string of the molecule is CC(=O)OCCc1ccnc(C#N)c1. The predicted octanol–water partition coefficient (Wildman–Crippen LogP) is 1.06. The highest BCUT2D eigenvalue weighted by Crippen LogP contribution is 2.01. The minimum atomic E-state index is -0.292. The summed E-state index contributed by atoms with van der Waals surface area (Å²) < 4.78 is 4.78. The lowest BCUT2D eigenvalue weighted by Gasteiger charge is -2.01. The van der Waals surface area contributed by atoms with Crippen molar-refractivity contribution in [1.82, 2.24) is 4.98 Å². The second kappa shape index (κ2) is 4.97. The van der Waals surface area contributed by atoms with Crippen molar-refractivity contribution in [3.8, 4) is 6.07 Å². The number of ether oxygens (including phenoxy) is 1. The molecule has 1 heterocycles. The fraction of sp³-hybridized carbons (Fsp3) is 0.300. The molecule has 1 aromatic rings. The first-order valence-corrected chi connectivity index (χ1v) is 4.21. The van der Waals surface area contributed by atoms with Crippen LogP contribution in [-0.4, -0.2) is 17.6 Å². The van der Waals surface area contributed by atoms with Gasteiger partial charge in [0.15, 0.2) is 0 Å². The first-order chi connectivity index (χ1) is 6.72. The van der Waals surface area contributed by atoms with Crippen LogP contribution < -0.4 is 0 Å². The third-order valence-corrected chi connectivity index (χ3v) is 1.63. The van der Waals surface area contributed by atoms with Crippen LogP contribution in [0.5, 0.6) is 0 Å². The molecule has 4 heteroatoms. The number of hydrogen-bond donors (Lipinski definition) is 0. The molecule has 0 N–H and O–H groups in total. The predicted molar refractivity (Wildman–Crippen MR) is 49.3 cm³/mol. The summed E-state index contributed by atoms with van der Waals surface area (Å²) in [7, 11) is 0. The van der Waals surface area contributed by atoms with Crippen molar-refractivity contribution >= 4 is 5.97 Å². The fourth-order valence-electron chi connectivity index (χ4n) is 1.00. The first-order valence-electron chi connectivity index (χ1n) is 4.21. The van der Waals surface area contributed by atoms with Gasteiger partial charge in [0.25, 0.3) is 0 Å². The average Bonchev–Trinajstić information content (AvgIpc) is 2.18. The molecule has 1 aromatic heterocycles. The average molecular weight is 190 g/mol. The molecule has 72 valence electrons. The van der Waals surface area contributed by atoms with Crippen molar-refractivity contribution < 1.29 is 9.53 Å². The Morgan fingerprint density at radius 1 is 1.71 bits per heavy atom. The zero-order valence-electron chi connectivity index (χ0n) is 7.86. The Morgan fingerprint density at radius 2 is 2.50 bits per heavy atom. The summed E-state index contributed by atoms with van der Waals surface area (Å²) in [5, 5.41) is 8.58. The number of esters is 1. The lowest BCUT2D eigenvalue weighted by molar-refractivity contribution is -0.140. The summed E-state index contributed by atoms with van der Waals surface area (Å²) in [6.45, 7) is 1.71. The standard InChI is InChI=1S/C10H10N2O2/c1-8(13)14-5-3-9-2-4-12-10(6-9)7-11/h2,4,6H,3,5H2,1H3. The van der Waals surface area contributed by atoms with E-state index in [-0.39, 0.29) is 5.97 Å². The number of nitriles is 1. The number of rotatable bonds is 3. The van der Waals surface area contributed by atoms with E-state index in [1.165, 1.54) is 6.92 Å². The van der Waals surface area contributed by atoms with Crippen LogP contribution in [0.1, 0.15) is 18.2 Å². The van der Waals surface area contributed by atoms with Gasteiger partial charge >= 0.3 is 5.97 Å². The van der Waals surface area contributed by atoms with Gasteiger partial charge in [-0.15, -0.1) is 0 Å². The topological polar surface area (TPSA) is 63.0 Å². The van der Waals surface area contributed by atoms with E-state index in [0.29, 0.717) is 18.7 Å². The summed E-state index contributed by atoms with van der Waals surface area (Å²) in [6, 6.07) is 5.43. The molecule has 0 aliphatic heterocycles. The van der Waals surface area contributed by atoms with Crippen LogP contribution in [-0.2, 0) is 16.0 Å². The van der Waals surface area contributed by atoms with Crippen molar-refractivity contribution in [2.75, 3.05) is 6.61 Å². The van der Waals surface area contributed by atoms with Crippen molar-refractivity contribution in [3.05, 3.63) is 29.6 Å². The third kappa shape index (κ3) is 3.23. The van der Waals surface area contributed by atoms with Crippen molar-refractivity contribution in [2.24, 2.45) is 0 Å². The molecular weight excluding hydrogens is 180 g/mol. The van der Waals surface area contributed by atoms with Gasteiger partial charge in [-0.05, 0) is 17.7 Å². The van der Waals surface area contributed by atoms with E-state index in [4.69, 9.17) is 10.00 Å². The zero-order valence-corrected chi connectivity index (χ0v) is 7.86. The number of pyridine rings is 1. The minimum Gasteiger partial charge on any atom is -0.466 e. The Hall–Kier alpha value is -1.89. The Balaban J connectivity index is 2.51. The molecule has 0 saturated carbocycles. The summed E-state index contributed by atoms with van der Waals surface area (Å²) in [6.07, 6.45) is 2.18. The molecule has 0 radical (unpaired) electrons. The molecule has 4 nitrogen and oxygen atoms in total. The lowest BCUT2D eigenvalue weighted by atomic mass is 10.2. The van der Waals surface area contributed by atoms with Gasteiger partial charge in [0.05, 0.1) is 6.61 Å². The van der Waals surface area contributed by atoms with E-state index >= 15 is 0 Å². The summed E-state index contributed by atoms with van der Waals surface area (Å²) in [4.78, 5) is 14.3. The van der Waals surface area contributed by atoms with E-state index in [1.807, 2.05) is 6.07 Å². The maximum atomic E-state index is 10.5. The van der Waals surface area contributed by atoms with Crippen molar-refractivity contribution in [3.63, 3.8) is 0 Å². The molecule has 1 rings (SSSR count). The van der Waals surface area contributed by atoms with Gasteiger partial charge in [0.2, 0.25) is 0 Å². The van der Waals surface area contributed by atoms with Crippen LogP contribution in [0.25, 0.3) is 0 Å². The molecule has 14 heavy (non-hydrogen) atoms. The summed E-state index contributed by atoms with van der Waals surface area (Å²) in [5.74, 6) is -0.292. The Morgan fingerprint density at radius 3 is 3.14 bits per heavy atom. The van der Waals surface area contributed by atoms with Gasteiger partial charge in [-0.25, -0.2) is 4.98 Å². The molecule has 0 saturated heterocycles. The molecule has 0 fully saturated rings. The largest absolute Gasteiger partial charge is 0.466 e. The van der Waals surface area contributed by atoms with Gasteiger partial charge in [-0.2, -0.15) is 5.26 Å². The molecule has 0 spiro atoms. The second-order valence-electron chi connectivity index (χ2n) is 2.75. The maximum Gasteiger partial charge on any atom is 0.302 e. The fourth-order valence-corrected chi connectivity index (χ4v) is 1.00. The van der Waals surface area contributed by atoms with Crippen molar-refractivity contribution in [1.29, 1.82) is 5.26 Å². The Bertz CT molecular complexity index is 369. The molecule has 0 aliphatic carbocycles. The van der Waals surface area contributed by atoms with E-state index in [2.05, 4.69) is 4.98 Å².